The van der Waals surface area contributed by atoms with Crippen LogP contribution in [0.4, 0.5) is 10.1 Å². The van der Waals surface area contributed by atoms with Crippen molar-refractivity contribution in [3.63, 3.8) is 0 Å². The molecule has 0 heterocycles. The zero-order chi connectivity index (χ0) is 19.3. The highest BCUT2D eigenvalue weighted by Gasteiger charge is 2.21. The molecule has 4 N–H and O–H groups in total. The summed E-state index contributed by atoms with van der Waals surface area (Å²) in [4.78, 5) is 13.5. The van der Waals surface area contributed by atoms with Gasteiger partial charge in [0.1, 0.15) is 11.5 Å². The van der Waals surface area contributed by atoms with Crippen molar-refractivity contribution in [2.75, 3.05) is 26.1 Å². The first kappa shape index (κ1) is 20.2. The highest BCUT2D eigenvalue weighted by Crippen LogP contribution is 2.32. The van der Waals surface area contributed by atoms with E-state index in [2.05, 4.69) is 23.2 Å². The van der Waals surface area contributed by atoms with Crippen LogP contribution >= 0.6 is 11.6 Å². The number of nitrogens with two attached hydrogens (primary N) is 1. The summed E-state index contributed by atoms with van der Waals surface area (Å²) in [5.41, 5.74) is 5.63. The number of rotatable bonds is 7. The third-order valence-electron chi connectivity index (χ3n) is 3.27. The number of hydrogen-bond donors (Lipinski definition) is 3. The molecule has 0 unspecified atom stereocenters. The molecule has 0 amide bonds. The van der Waals surface area contributed by atoms with Gasteiger partial charge >= 0.3 is 5.97 Å². The molecule has 0 aromatic heterocycles. The first-order valence-electron chi connectivity index (χ1n) is 7.06. The Morgan fingerprint density at radius 2 is 2.08 bits per heavy atom. The van der Waals surface area contributed by atoms with Crippen molar-refractivity contribution in [2.45, 2.75) is 0 Å². The first-order valence-corrected chi connectivity index (χ1v) is 7.44. The SMILES string of the molecule is C=CC(C(=N)N)=C(NC(=C)c1ccc(Cl)c(N(C)C)c1F)C(=O)OC. The van der Waals surface area contributed by atoms with E-state index in [1.54, 1.807) is 14.1 Å². The Morgan fingerprint density at radius 3 is 2.52 bits per heavy atom. The maximum Gasteiger partial charge on any atom is 0.355 e. The second-order valence-electron chi connectivity index (χ2n) is 5.15. The minimum atomic E-state index is -0.798. The van der Waals surface area contributed by atoms with E-state index in [1.807, 2.05) is 0 Å². The molecule has 25 heavy (non-hydrogen) atoms. The number of methoxy groups -OCH3 is 1. The van der Waals surface area contributed by atoms with Crippen molar-refractivity contribution in [3.8, 4) is 0 Å². The van der Waals surface area contributed by atoms with Gasteiger partial charge in [-0.05, 0) is 12.1 Å². The lowest BCUT2D eigenvalue weighted by Crippen LogP contribution is -2.27. The monoisotopic (exact) mass is 366 g/mol. The molecule has 8 heteroatoms. The van der Waals surface area contributed by atoms with E-state index < -0.39 is 17.6 Å². The van der Waals surface area contributed by atoms with Crippen LogP contribution in [0.15, 0.2) is 42.6 Å². The minimum Gasteiger partial charge on any atom is -0.464 e. The fraction of sp³-hybridized carbons (Fsp3) is 0.176. The molecule has 0 saturated heterocycles. The molecule has 134 valence electrons. The molecule has 0 aliphatic carbocycles. The average Bonchev–Trinajstić information content (AvgIpc) is 2.53. The largest absolute Gasteiger partial charge is 0.464 e. The van der Waals surface area contributed by atoms with Gasteiger partial charge in [-0.1, -0.05) is 30.8 Å². The number of esters is 1. The lowest BCUT2D eigenvalue weighted by Gasteiger charge is -2.20. The number of benzene rings is 1. The highest BCUT2D eigenvalue weighted by molar-refractivity contribution is 6.33. The van der Waals surface area contributed by atoms with Crippen molar-refractivity contribution in [1.29, 1.82) is 5.41 Å². The van der Waals surface area contributed by atoms with Gasteiger partial charge in [0.2, 0.25) is 0 Å². The van der Waals surface area contributed by atoms with Crippen LogP contribution in [0.2, 0.25) is 5.02 Å². The number of nitrogens with one attached hydrogen (secondary N) is 2. The molecule has 0 saturated carbocycles. The molecule has 0 atom stereocenters. The summed E-state index contributed by atoms with van der Waals surface area (Å²) >= 11 is 6.02. The maximum atomic E-state index is 14.8. The molecule has 1 aromatic rings. The van der Waals surface area contributed by atoms with Gasteiger partial charge in [0.05, 0.1) is 17.8 Å². The van der Waals surface area contributed by atoms with E-state index in [0.717, 1.165) is 0 Å². The third kappa shape index (κ3) is 4.39. The number of hydrogen-bond acceptors (Lipinski definition) is 5. The third-order valence-corrected chi connectivity index (χ3v) is 3.57. The van der Waals surface area contributed by atoms with Crippen molar-refractivity contribution in [2.24, 2.45) is 5.73 Å². The summed E-state index contributed by atoms with van der Waals surface area (Å²) in [7, 11) is 4.46. The number of amidine groups is 1. The molecular weight excluding hydrogens is 347 g/mol. The number of carbonyl (C=O) groups excluding carboxylic acids is 1. The second-order valence-corrected chi connectivity index (χ2v) is 5.56. The number of anilines is 1. The zero-order valence-electron chi connectivity index (χ0n) is 14.2. The molecule has 0 fully saturated rings. The molecule has 6 nitrogen and oxygen atoms in total. The summed E-state index contributed by atoms with van der Waals surface area (Å²) in [5, 5.41) is 10.4. The predicted molar refractivity (Wildman–Crippen MR) is 99.1 cm³/mol. The number of ether oxygens (including phenoxy) is 1. The summed E-state index contributed by atoms with van der Waals surface area (Å²) in [6.07, 6.45) is 1.22. The Hall–Kier alpha value is -2.80. The van der Waals surface area contributed by atoms with Gasteiger partial charge in [0, 0.05) is 30.9 Å². The van der Waals surface area contributed by atoms with Gasteiger partial charge in [-0.3, -0.25) is 5.41 Å². The lowest BCUT2D eigenvalue weighted by atomic mass is 10.1. The molecule has 1 aromatic carbocycles. The quantitative estimate of drug-likeness (QED) is 0.227. The van der Waals surface area contributed by atoms with Crippen LogP contribution in [0.5, 0.6) is 0 Å². The van der Waals surface area contributed by atoms with E-state index in [0.29, 0.717) is 0 Å². The fourth-order valence-electron chi connectivity index (χ4n) is 2.08. The number of nitrogens with zero attached hydrogens (tertiary/aromatic N) is 1. The van der Waals surface area contributed by atoms with Crippen molar-refractivity contribution in [1.82, 2.24) is 5.32 Å². The van der Waals surface area contributed by atoms with Gasteiger partial charge < -0.3 is 20.7 Å². The maximum absolute atomic E-state index is 14.8. The van der Waals surface area contributed by atoms with Crippen LogP contribution in [0.1, 0.15) is 5.56 Å². The topological polar surface area (TPSA) is 91.4 Å². The van der Waals surface area contributed by atoms with Crippen LogP contribution in [0.3, 0.4) is 0 Å². The normalized spacial score (nSPS) is 11.2. The summed E-state index contributed by atoms with van der Waals surface area (Å²) in [6, 6.07) is 2.94. The Kier molecular flexibility index (Phi) is 6.76. The smallest absolute Gasteiger partial charge is 0.355 e. The lowest BCUT2D eigenvalue weighted by molar-refractivity contribution is -0.136. The van der Waals surface area contributed by atoms with E-state index in [-0.39, 0.29) is 33.2 Å². The van der Waals surface area contributed by atoms with E-state index >= 15 is 0 Å². The molecular formula is C17H20ClFN4O2. The summed E-state index contributed by atoms with van der Waals surface area (Å²) in [6.45, 7) is 7.26. The molecule has 0 bridgehead atoms. The Bertz CT molecular complexity index is 772. The zero-order valence-corrected chi connectivity index (χ0v) is 15.0. The number of carbonyl (C=O) groups is 1. The van der Waals surface area contributed by atoms with Crippen LogP contribution in [0, 0.1) is 11.2 Å². The summed E-state index contributed by atoms with van der Waals surface area (Å²) in [5.74, 6) is -1.81. The van der Waals surface area contributed by atoms with Crippen LogP contribution in [-0.2, 0) is 9.53 Å². The van der Waals surface area contributed by atoms with E-state index in [9.17, 15) is 9.18 Å². The first-order chi connectivity index (χ1) is 11.6. The molecule has 0 aliphatic rings. The van der Waals surface area contributed by atoms with Crippen LogP contribution in [-0.4, -0.2) is 33.0 Å². The molecule has 0 spiro atoms. The highest BCUT2D eigenvalue weighted by atomic mass is 35.5. The van der Waals surface area contributed by atoms with E-state index in [4.69, 9.17) is 22.7 Å². The molecule has 1 rings (SSSR count). The fourth-order valence-corrected chi connectivity index (χ4v) is 2.39. The van der Waals surface area contributed by atoms with Crippen molar-refractivity contribution >= 4 is 34.8 Å². The van der Waals surface area contributed by atoms with Crippen LogP contribution < -0.4 is 16.0 Å². The molecule has 0 radical (unpaired) electrons. The van der Waals surface area contributed by atoms with Gasteiger partial charge in [0.15, 0.2) is 5.82 Å². The van der Waals surface area contributed by atoms with E-state index in [1.165, 1.54) is 30.2 Å². The Balaban J connectivity index is 3.41. The minimum absolute atomic E-state index is 0.00945. The second kappa shape index (κ2) is 8.34. The Labute approximate surface area is 150 Å². The van der Waals surface area contributed by atoms with Gasteiger partial charge in [-0.2, -0.15) is 0 Å². The van der Waals surface area contributed by atoms with Crippen LogP contribution in [0.25, 0.3) is 5.70 Å². The van der Waals surface area contributed by atoms with Gasteiger partial charge in [-0.25, -0.2) is 9.18 Å². The van der Waals surface area contributed by atoms with Gasteiger partial charge in [0.25, 0.3) is 0 Å². The average molecular weight is 367 g/mol. The van der Waals surface area contributed by atoms with Crippen molar-refractivity contribution < 1.29 is 13.9 Å². The predicted octanol–water partition coefficient (Wildman–Crippen LogP) is 2.65. The van der Waals surface area contributed by atoms with Gasteiger partial charge in [-0.15, -0.1) is 0 Å². The standard InChI is InChI=1S/C17H20ClFN4O2/c1-6-10(16(20)21)14(17(24)25-5)22-9(2)11-7-8-12(18)15(13(11)19)23(3)4/h6-8,22H,1-2H2,3-5H3,(H3,20,21). The summed E-state index contributed by atoms with van der Waals surface area (Å²) < 4.78 is 19.4. The Morgan fingerprint density at radius 1 is 1.48 bits per heavy atom. The van der Waals surface area contributed by atoms with Crippen molar-refractivity contribution in [3.05, 3.63) is 59.0 Å². The molecule has 0 aliphatic heterocycles. The number of halogens is 2.